The SMILES string of the molecule is CCC(C)OC(=O)CC1C(=O)NCCN1C(=O)c1ccccc1OC. The molecule has 1 fully saturated rings. The van der Waals surface area contributed by atoms with Crippen LogP contribution in [0.3, 0.4) is 0 Å². The van der Waals surface area contributed by atoms with Crippen LogP contribution >= 0.6 is 0 Å². The van der Waals surface area contributed by atoms with Crippen LogP contribution in [0.5, 0.6) is 5.75 Å². The number of ether oxygens (including phenoxy) is 2. The molecule has 0 aromatic heterocycles. The molecular formula is C18H24N2O5. The fourth-order valence-corrected chi connectivity index (χ4v) is 2.65. The van der Waals surface area contributed by atoms with Gasteiger partial charge in [-0.15, -0.1) is 0 Å². The first-order valence-electron chi connectivity index (χ1n) is 8.39. The number of carbonyl (C=O) groups excluding carboxylic acids is 3. The number of nitrogens with zero attached hydrogens (tertiary/aromatic N) is 1. The van der Waals surface area contributed by atoms with Crippen molar-refractivity contribution in [3.63, 3.8) is 0 Å². The molecule has 1 saturated heterocycles. The average molecular weight is 348 g/mol. The van der Waals surface area contributed by atoms with Crippen molar-refractivity contribution in [1.82, 2.24) is 10.2 Å². The highest BCUT2D eigenvalue weighted by atomic mass is 16.5. The lowest BCUT2D eigenvalue weighted by atomic mass is 10.1. The number of esters is 1. The minimum Gasteiger partial charge on any atom is -0.496 e. The summed E-state index contributed by atoms with van der Waals surface area (Å²) in [6.45, 7) is 4.36. The van der Waals surface area contributed by atoms with Gasteiger partial charge in [0.2, 0.25) is 5.91 Å². The molecule has 1 aliphatic heterocycles. The second-order valence-corrected chi connectivity index (χ2v) is 5.92. The molecule has 0 radical (unpaired) electrons. The van der Waals surface area contributed by atoms with Gasteiger partial charge in [-0.05, 0) is 25.5 Å². The summed E-state index contributed by atoms with van der Waals surface area (Å²) in [6.07, 6.45) is 0.293. The zero-order chi connectivity index (χ0) is 18.4. The monoisotopic (exact) mass is 348 g/mol. The van der Waals surface area contributed by atoms with Gasteiger partial charge in [-0.2, -0.15) is 0 Å². The van der Waals surface area contributed by atoms with Gasteiger partial charge in [-0.3, -0.25) is 14.4 Å². The van der Waals surface area contributed by atoms with Crippen molar-refractivity contribution in [2.45, 2.75) is 38.8 Å². The Balaban J connectivity index is 2.19. The second-order valence-electron chi connectivity index (χ2n) is 5.92. The Hall–Kier alpha value is -2.57. The van der Waals surface area contributed by atoms with Gasteiger partial charge in [-0.25, -0.2) is 0 Å². The summed E-state index contributed by atoms with van der Waals surface area (Å²) in [5.74, 6) is -0.752. The van der Waals surface area contributed by atoms with Crippen LogP contribution in [0.4, 0.5) is 0 Å². The summed E-state index contributed by atoms with van der Waals surface area (Å²) in [4.78, 5) is 38.7. The molecule has 2 amide bonds. The van der Waals surface area contributed by atoms with E-state index in [4.69, 9.17) is 9.47 Å². The predicted octanol–water partition coefficient (Wildman–Crippen LogP) is 1.37. The summed E-state index contributed by atoms with van der Waals surface area (Å²) < 4.78 is 10.5. The van der Waals surface area contributed by atoms with E-state index in [1.807, 2.05) is 6.92 Å². The van der Waals surface area contributed by atoms with Crippen molar-refractivity contribution in [3.8, 4) is 5.75 Å². The maximum Gasteiger partial charge on any atom is 0.308 e. The van der Waals surface area contributed by atoms with Crippen LogP contribution in [0.2, 0.25) is 0 Å². The number of carbonyl (C=O) groups is 3. The third-order valence-corrected chi connectivity index (χ3v) is 4.20. The quantitative estimate of drug-likeness (QED) is 0.785. The van der Waals surface area contributed by atoms with E-state index in [2.05, 4.69) is 5.32 Å². The van der Waals surface area contributed by atoms with Gasteiger partial charge in [0.15, 0.2) is 0 Å². The van der Waals surface area contributed by atoms with Crippen molar-refractivity contribution < 1.29 is 23.9 Å². The van der Waals surface area contributed by atoms with E-state index >= 15 is 0 Å². The smallest absolute Gasteiger partial charge is 0.308 e. The standard InChI is InChI=1S/C18H24N2O5/c1-4-12(2)25-16(21)11-14-17(22)19-9-10-20(14)18(23)13-7-5-6-8-15(13)24-3/h5-8,12,14H,4,9-11H2,1-3H3,(H,19,22). The number of hydrogen-bond acceptors (Lipinski definition) is 5. The molecule has 136 valence electrons. The molecule has 7 nitrogen and oxygen atoms in total. The van der Waals surface area contributed by atoms with Crippen molar-refractivity contribution in [2.24, 2.45) is 0 Å². The van der Waals surface area contributed by atoms with E-state index in [9.17, 15) is 14.4 Å². The highest BCUT2D eigenvalue weighted by Gasteiger charge is 2.36. The second kappa shape index (κ2) is 8.50. The first-order chi connectivity index (χ1) is 12.0. The Labute approximate surface area is 147 Å². The molecule has 0 spiro atoms. The molecule has 1 N–H and O–H groups in total. The molecule has 2 unspecified atom stereocenters. The fraction of sp³-hybridized carbons (Fsp3) is 0.500. The third-order valence-electron chi connectivity index (χ3n) is 4.20. The van der Waals surface area contributed by atoms with E-state index in [-0.39, 0.29) is 24.3 Å². The van der Waals surface area contributed by atoms with Crippen molar-refractivity contribution >= 4 is 17.8 Å². The number of amides is 2. The lowest BCUT2D eigenvalue weighted by molar-refractivity contribution is -0.151. The maximum absolute atomic E-state index is 12.9. The zero-order valence-electron chi connectivity index (χ0n) is 14.8. The van der Waals surface area contributed by atoms with E-state index in [0.717, 1.165) is 0 Å². The van der Waals surface area contributed by atoms with Crippen LogP contribution in [0, 0.1) is 0 Å². The summed E-state index contributed by atoms with van der Waals surface area (Å²) in [6, 6.07) is 5.93. The van der Waals surface area contributed by atoms with Crippen LogP contribution in [-0.2, 0) is 14.3 Å². The van der Waals surface area contributed by atoms with Crippen molar-refractivity contribution in [1.29, 1.82) is 0 Å². The predicted molar refractivity (Wildman–Crippen MR) is 91.3 cm³/mol. The molecule has 1 heterocycles. The summed E-state index contributed by atoms with van der Waals surface area (Å²) in [5.41, 5.74) is 0.361. The van der Waals surface area contributed by atoms with Crippen LogP contribution in [0.1, 0.15) is 37.0 Å². The zero-order valence-corrected chi connectivity index (χ0v) is 14.8. The van der Waals surface area contributed by atoms with E-state index in [0.29, 0.717) is 30.8 Å². The first kappa shape index (κ1) is 18.8. The van der Waals surface area contributed by atoms with Gasteiger partial charge in [0, 0.05) is 13.1 Å². The van der Waals surface area contributed by atoms with Crippen LogP contribution in [0.25, 0.3) is 0 Å². The van der Waals surface area contributed by atoms with E-state index in [1.165, 1.54) is 12.0 Å². The molecule has 2 rings (SSSR count). The van der Waals surface area contributed by atoms with E-state index < -0.39 is 12.0 Å². The molecule has 1 aromatic rings. The Kier molecular flexibility index (Phi) is 6.38. The number of methoxy groups -OCH3 is 1. The molecule has 0 aliphatic carbocycles. The van der Waals surface area contributed by atoms with Gasteiger partial charge >= 0.3 is 5.97 Å². The molecule has 0 saturated carbocycles. The number of para-hydroxylation sites is 1. The normalized spacial score (nSPS) is 18.3. The number of rotatable bonds is 6. The first-order valence-corrected chi connectivity index (χ1v) is 8.39. The molecule has 1 aromatic carbocycles. The van der Waals surface area contributed by atoms with Gasteiger partial charge in [0.05, 0.1) is 25.2 Å². The lowest BCUT2D eigenvalue weighted by Gasteiger charge is -2.35. The van der Waals surface area contributed by atoms with Gasteiger partial charge < -0.3 is 19.7 Å². The van der Waals surface area contributed by atoms with E-state index in [1.54, 1.807) is 31.2 Å². The highest BCUT2D eigenvalue weighted by Crippen LogP contribution is 2.22. The number of hydrogen-bond donors (Lipinski definition) is 1. The Morgan fingerprint density at radius 1 is 1.36 bits per heavy atom. The fourth-order valence-electron chi connectivity index (χ4n) is 2.65. The minimum atomic E-state index is -0.886. The average Bonchev–Trinajstić information content (AvgIpc) is 2.62. The lowest BCUT2D eigenvalue weighted by Crippen LogP contribution is -2.58. The maximum atomic E-state index is 12.9. The minimum absolute atomic E-state index is 0.170. The number of piperazine rings is 1. The summed E-state index contributed by atoms with van der Waals surface area (Å²) in [7, 11) is 1.48. The van der Waals surface area contributed by atoms with Crippen LogP contribution in [0.15, 0.2) is 24.3 Å². The molecule has 0 bridgehead atoms. The largest absolute Gasteiger partial charge is 0.496 e. The Morgan fingerprint density at radius 2 is 2.08 bits per heavy atom. The van der Waals surface area contributed by atoms with Gasteiger partial charge in [0.25, 0.3) is 5.91 Å². The van der Waals surface area contributed by atoms with Gasteiger partial charge in [-0.1, -0.05) is 19.1 Å². The third kappa shape index (κ3) is 4.49. The summed E-state index contributed by atoms with van der Waals surface area (Å²) >= 11 is 0. The molecular weight excluding hydrogens is 324 g/mol. The molecule has 2 atom stereocenters. The Bertz CT molecular complexity index is 646. The highest BCUT2D eigenvalue weighted by molar-refractivity contribution is 6.01. The van der Waals surface area contributed by atoms with Crippen molar-refractivity contribution in [3.05, 3.63) is 29.8 Å². The van der Waals surface area contributed by atoms with Crippen LogP contribution in [-0.4, -0.2) is 55.0 Å². The topological polar surface area (TPSA) is 84.9 Å². The number of benzene rings is 1. The summed E-state index contributed by atoms with van der Waals surface area (Å²) in [5, 5.41) is 2.70. The van der Waals surface area contributed by atoms with Crippen molar-refractivity contribution in [2.75, 3.05) is 20.2 Å². The Morgan fingerprint density at radius 3 is 2.76 bits per heavy atom. The molecule has 7 heteroatoms. The molecule has 25 heavy (non-hydrogen) atoms. The van der Waals surface area contributed by atoms with Gasteiger partial charge in [0.1, 0.15) is 11.8 Å². The van der Waals surface area contributed by atoms with Crippen LogP contribution < -0.4 is 10.1 Å². The molecule has 1 aliphatic rings. The number of nitrogens with one attached hydrogen (secondary N) is 1.